The Labute approximate surface area is 65.5 Å². The van der Waals surface area contributed by atoms with Crippen molar-refractivity contribution in [1.82, 2.24) is 0 Å². The molecule has 0 saturated heterocycles. The zero-order chi connectivity index (χ0) is 4.83. The topological polar surface area (TPSA) is 48.6 Å². The van der Waals surface area contributed by atoms with E-state index < -0.39 is 0 Å². The predicted octanol–water partition coefficient (Wildman–Crippen LogP) is 0.548. The molecule has 2 N–H and O–H groups in total. The Balaban J connectivity index is -0.000000125. The molecule has 0 bridgehead atoms. The van der Waals surface area contributed by atoms with Gasteiger partial charge in [-0.2, -0.15) is 0 Å². The number of carbonyl (C=O) groups excluding carboxylic acids is 1. The monoisotopic (exact) mass is 285 g/mol. The average molecular weight is 285 g/mol. The molecule has 0 heterocycles. The van der Waals surface area contributed by atoms with Crippen molar-refractivity contribution in [3.8, 4) is 0 Å². The minimum absolute atomic E-state index is 0. The Kier molecular flexibility index (Phi) is 30.9. The molecule has 0 rings (SSSR count). The van der Waals surface area contributed by atoms with Crippen LogP contribution in [0.15, 0.2) is 0 Å². The number of aldehydes is 1. The van der Waals surface area contributed by atoms with Crippen LogP contribution in [0.3, 0.4) is 0 Å². The smallest absolute Gasteiger partial charge is 0.119 e. The molecule has 0 amide bonds. The minimum atomic E-state index is 0. The molecule has 8 heavy (non-hydrogen) atoms. The number of hydrogen-bond acceptors (Lipinski definition) is 1. The van der Waals surface area contributed by atoms with Crippen molar-refractivity contribution in [3.63, 3.8) is 0 Å². The van der Waals surface area contributed by atoms with Gasteiger partial charge in [-0.15, -0.1) is 0 Å². The maximum absolute atomic E-state index is 9.56. The van der Waals surface area contributed by atoms with Crippen LogP contribution in [0, 0.1) is 0 Å². The van der Waals surface area contributed by atoms with Crippen LogP contribution in [0.1, 0.15) is 26.2 Å². The van der Waals surface area contributed by atoms with Crippen LogP contribution >= 0.6 is 0 Å². The molecule has 0 aromatic rings. The number of rotatable bonds is 3. The van der Waals surface area contributed by atoms with Gasteiger partial charge in [0.25, 0.3) is 0 Å². The molecule has 0 fully saturated rings. The van der Waals surface area contributed by atoms with Gasteiger partial charge in [-0.25, -0.2) is 0 Å². The van der Waals surface area contributed by atoms with Gasteiger partial charge in [0.15, 0.2) is 0 Å². The SMILES string of the molecule is CCCCC=O.O.[Ta]. The quantitative estimate of drug-likeness (QED) is 0.552. The van der Waals surface area contributed by atoms with Crippen molar-refractivity contribution in [2.45, 2.75) is 26.2 Å². The maximum atomic E-state index is 9.56. The summed E-state index contributed by atoms with van der Waals surface area (Å²) in [7, 11) is 0. The summed E-state index contributed by atoms with van der Waals surface area (Å²) < 4.78 is 0. The summed E-state index contributed by atoms with van der Waals surface area (Å²) in [5.74, 6) is 0. The van der Waals surface area contributed by atoms with Crippen molar-refractivity contribution >= 4 is 6.29 Å². The van der Waals surface area contributed by atoms with Crippen molar-refractivity contribution in [2.24, 2.45) is 0 Å². The van der Waals surface area contributed by atoms with E-state index in [-0.39, 0.29) is 27.9 Å². The summed E-state index contributed by atoms with van der Waals surface area (Å²) in [6.07, 6.45) is 3.86. The molecule has 3 heteroatoms. The molecule has 0 saturated carbocycles. The van der Waals surface area contributed by atoms with Crippen LogP contribution in [0.25, 0.3) is 0 Å². The van der Waals surface area contributed by atoms with Gasteiger partial charge >= 0.3 is 0 Å². The molecule has 0 aliphatic carbocycles. The van der Waals surface area contributed by atoms with Gasteiger partial charge in [-0.05, 0) is 6.42 Å². The Morgan fingerprint density at radius 3 is 2.12 bits per heavy atom. The van der Waals surface area contributed by atoms with Gasteiger partial charge in [0.05, 0.1) is 0 Å². The van der Waals surface area contributed by atoms with Gasteiger partial charge in [0, 0.05) is 28.8 Å². The molecule has 0 atom stereocenters. The summed E-state index contributed by atoms with van der Waals surface area (Å²) in [4.78, 5) is 9.56. The molecular weight excluding hydrogens is 273 g/mol. The fraction of sp³-hybridized carbons (Fsp3) is 0.800. The van der Waals surface area contributed by atoms with Crippen LogP contribution in [0.5, 0.6) is 0 Å². The van der Waals surface area contributed by atoms with E-state index in [1.165, 1.54) is 0 Å². The summed E-state index contributed by atoms with van der Waals surface area (Å²) in [5, 5.41) is 0. The predicted molar refractivity (Wildman–Crippen MR) is 29.2 cm³/mol. The van der Waals surface area contributed by atoms with E-state index in [0.29, 0.717) is 0 Å². The Morgan fingerprint density at radius 1 is 1.50 bits per heavy atom. The van der Waals surface area contributed by atoms with Gasteiger partial charge in [-0.1, -0.05) is 13.3 Å². The van der Waals surface area contributed by atoms with Crippen molar-refractivity contribution in [2.75, 3.05) is 0 Å². The first-order valence-electron chi connectivity index (χ1n) is 2.35. The van der Waals surface area contributed by atoms with E-state index in [4.69, 9.17) is 0 Å². The molecular formula is C5H12O2Ta. The first-order valence-corrected chi connectivity index (χ1v) is 2.35. The van der Waals surface area contributed by atoms with Gasteiger partial charge < -0.3 is 10.3 Å². The second-order valence-corrected chi connectivity index (χ2v) is 1.31. The van der Waals surface area contributed by atoms with E-state index >= 15 is 0 Å². The van der Waals surface area contributed by atoms with E-state index in [9.17, 15) is 4.79 Å². The van der Waals surface area contributed by atoms with Gasteiger partial charge in [-0.3, -0.25) is 0 Å². The third kappa shape index (κ3) is 16.2. The van der Waals surface area contributed by atoms with E-state index in [0.717, 1.165) is 25.5 Å². The van der Waals surface area contributed by atoms with Crippen LogP contribution in [-0.4, -0.2) is 11.8 Å². The van der Waals surface area contributed by atoms with Crippen molar-refractivity contribution in [3.05, 3.63) is 0 Å². The molecule has 0 aliphatic heterocycles. The Bertz CT molecular complexity index is 39.4. The second-order valence-electron chi connectivity index (χ2n) is 1.31. The fourth-order valence-electron chi connectivity index (χ4n) is 0.287. The summed E-state index contributed by atoms with van der Waals surface area (Å²) in [5.41, 5.74) is 0. The molecule has 0 unspecified atom stereocenters. The Morgan fingerprint density at radius 2 is 2.00 bits per heavy atom. The van der Waals surface area contributed by atoms with Crippen molar-refractivity contribution in [1.29, 1.82) is 0 Å². The van der Waals surface area contributed by atoms with E-state index in [2.05, 4.69) is 6.92 Å². The zero-order valence-corrected chi connectivity index (χ0v) is 8.27. The zero-order valence-electron chi connectivity index (χ0n) is 5.05. The third-order valence-electron chi connectivity index (χ3n) is 0.676. The molecule has 0 spiro atoms. The van der Waals surface area contributed by atoms with Crippen LogP contribution in [-0.2, 0) is 27.2 Å². The number of unbranched alkanes of at least 4 members (excludes halogenated alkanes) is 2. The largest absolute Gasteiger partial charge is 0.412 e. The van der Waals surface area contributed by atoms with Crippen LogP contribution < -0.4 is 0 Å². The molecule has 1 radical (unpaired) electrons. The molecule has 0 aliphatic rings. The molecule has 0 aromatic heterocycles. The fourth-order valence-corrected chi connectivity index (χ4v) is 0.287. The third-order valence-corrected chi connectivity index (χ3v) is 0.676. The van der Waals surface area contributed by atoms with Gasteiger partial charge in [0.2, 0.25) is 0 Å². The second kappa shape index (κ2) is 15.7. The number of carbonyl (C=O) groups is 1. The normalized spacial score (nSPS) is 6.12. The van der Waals surface area contributed by atoms with E-state index in [1.54, 1.807) is 0 Å². The van der Waals surface area contributed by atoms with E-state index in [1.807, 2.05) is 0 Å². The molecule has 0 aromatic carbocycles. The minimum Gasteiger partial charge on any atom is -0.412 e. The maximum Gasteiger partial charge on any atom is 0.119 e. The Hall–Kier alpha value is 0.370. The summed E-state index contributed by atoms with van der Waals surface area (Å²) >= 11 is 0. The average Bonchev–Trinajstić information content (AvgIpc) is 1.61. The first kappa shape index (κ1) is 15.8. The number of hydrogen-bond donors (Lipinski definition) is 0. The van der Waals surface area contributed by atoms with Crippen molar-refractivity contribution < 1.29 is 32.7 Å². The molecule has 49 valence electrons. The van der Waals surface area contributed by atoms with Crippen LogP contribution in [0.4, 0.5) is 0 Å². The summed E-state index contributed by atoms with van der Waals surface area (Å²) in [6.45, 7) is 2.07. The van der Waals surface area contributed by atoms with Crippen LogP contribution in [0.2, 0.25) is 0 Å². The summed E-state index contributed by atoms with van der Waals surface area (Å²) in [6, 6.07) is 0. The molecule has 2 nitrogen and oxygen atoms in total. The standard InChI is InChI=1S/C5H10O.H2O.Ta/c1-2-3-4-5-6;;/h5H,2-4H2,1H3;1H2;. The van der Waals surface area contributed by atoms with Gasteiger partial charge in [0.1, 0.15) is 6.29 Å². The first-order chi connectivity index (χ1) is 2.91.